The number of aromatic nitrogens is 2. The molecule has 1 amide bonds. The second-order valence-electron chi connectivity index (χ2n) is 5.79. The third-order valence-electron chi connectivity index (χ3n) is 3.74. The van der Waals surface area contributed by atoms with Crippen molar-refractivity contribution in [2.24, 2.45) is 4.99 Å². The van der Waals surface area contributed by atoms with Gasteiger partial charge in [-0.3, -0.25) is 19.6 Å². The zero-order chi connectivity index (χ0) is 20.3. The molecule has 142 valence electrons. The number of H-pyrrole nitrogens is 1. The number of nitrogens with one attached hydrogen (secondary N) is 2. The van der Waals surface area contributed by atoms with Crippen LogP contribution in [0.3, 0.4) is 0 Å². The molecule has 0 radical (unpaired) electrons. The van der Waals surface area contributed by atoms with E-state index in [4.69, 9.17) is 11.6 Å². The van der Waals surface area contributed by atoms with Crippen LogP contribution in [-0.2, 0) is 4.79 Å². The average molecular weight is 399 g/mol. The number of aromatic hydroxyl groups is 1. The van der Waals surface area contributed by atoms with E-state index < -0.39 is 17.1 Å². The molecule has 8 nitrogen and oxygen atoms in total. The lowest BCUT2D eigenvalue weighted by Gasteiger charge is -2.09. The highest BCUT2D eigenvalue weighted by Crippen LogP contribution is 2.19. The highest BCUT2D eigenvalue weighted by atomic mass is 35.5. The number of aliphatic imine (C=N–C) groups is 1. The van der Waals surface area contributed by atoms with Crippen LogP contribution in [0.5, 0.6) is 5.88 Å². The van der Waals surface area contributed by atoms with Gasteiger partial charge in [-0.1, -0.05) is 11.6 Å². The number of hydrogen-bond donors (Lipinski definition) is 3. The van der Waals surface area contributed by atoms with Crippen molar-refractivity contribution in [3.05, 3.63) is 80.0 Å². The van der Waals surface area contributed by atoms with Gasteiger partial charge in [-0.15, -0.1) is 0 Å². The molecule has 1 aromatic heterocycles. The van der Waals surface area contributed by atoms with Crippen LogP contribution < -0.4 is 16.6 Å². The zero-order valence-corrected chi connectivity index (χ0v) is 15.4. The van der Waals surface area contributed by atoms with Crippen molar-refractivity contribution in [3.63, 3.8) is 0 Å². The third kappa shape index (κ3) is 4.18. The van der Waals surface area contributed by atoms with Gasteiger partial charge in [0.25, 0.3) is 5.56 Å². The summed E-state index contributed by atoms with van der Waals surface area (Å²) in [5.74, 6) is -0.744. The Morgan fingerprint density at radius 2 is 1.79 bits per heavy atom. The van der Waals surface area contributed by atoms with Gasteiger partial charge in [0.05, 0.1) is 11.4 Å². The maximum absolute atomic E-state index is 12.1. The van der Waals surface area contributed by atoms with E-state index >= 15 is 0 Å². The summed E-state index contributed by atoms with van der Waals surface area (Å²) in [6.45, 7) is 1.40. The minimum atomic E-state index is -0.790. The van der Waals surface area contributed by atoms with E-state index in [1.807, 2.05) is 0 Å². The lowest BCUT2D eigenvalue weighted by atomic mass is 10.2. The van der Waals surface area contributed by atoms with Gasteiger partial charge in [-0.05, 0) is 48.5 Å². The van der Waals surface area contributed by atoms with Crippen molar-refractivity contribution in [2.45, 2.75) is 6.92 Å². The van der Waals surface area contributed by atoms with Gasteiger partial charge in [-0.2, -0.15) is 0 Å². The quantitative estimate of drug-likeness (QED) is 0.585. The number of aromatic amines is 1. The number of halogens is 1. The molecule has 9 heteroatoms. The van der Waals surface area contributed by atoms with Gasteiger partial charge in [0.2, 0.25) is 11.8 Å². The summed E-state index contributed by atoms with van der Waals surface area (Å²) in [6.07, 6.45) is 1.16. The number of anilines is 1. The predicted molar refractivity (Wildman–Crippen MR) is 107 cm³/mol. The van der Waals surface area contributed by atoms with E-state index in [1.54, 1.807) is 36.4 Å². The van der Waals surface area contributed by atoms with E-state index in [2.05, 4.69) is 15.3 Å². The summed E-state index contributed by atoms with van der Waals surface area (Å²) in [5, 5.41) is 13.6. The second kappa shape index (κ2) is 7.93. The molecular formula is C19H15ClN4O4. The molecule has 0 spiro atoms. The maximum Gasteiger partial charge on any atom is 0.335 e. The molecule has 0 saturated carbocycles. The molecule has 0 aliphatic rings. The first-order chi connectivity index (χ1) is 13.3. The van der Waals surface area contributed by atoms with Gasteiger partial charge < -0.3 is 10.4 Å². The predicted octanol–water partition coefficient (Wildman–Crippen LogP) is 2.59. The van der Waals surface area contributed by atoms with E-state index in [1.165, 1.54) is 19.1 Å². The summed E-state index contributed by atoms with van der Waals surface area (Å²) in [4.78, 5) is 41.6. The van der Waals surface area contributed by atoms with Crippen LogP contribution in [0.1, 0.15) is 12.5 Å². The number of amides is 1. The number of hydrogen-bond acceptors (Lipinski definition) is 5. The number of rotatable bonds is 4. The van der Waals surface area contributed by atoms with Crippen molar-refractivity contribution < 1.29 is 9.90 Å². The summed E-state index contributed by atoms with van der Waals surface area (Å²) in [6, 6.07) is 12.7. The summed E-state index contributed by atoms with van der Waals surface area (Å²) in [5.41, 5.74) is -0.327. The SMILES string of the molecule is CC(=O)Nc1ccc(N=Cc2c(O)n(-c3ccc(Cl)cc3)c(=O)[nH]c2=O)cc1. The number of carbonyl (C=O) groups is 1. The molecule has 3 aromatic rings. The molecule has 3 N–H and O–H groups in total. The first kappa shape index (κ1) is 19.1. The smallest absolute Gasteiger partial charge is 0.335 e. The second-order valence-corrected chi connectivity index (χ2v) is 6.23. The summed E-state index contributed by atoms with van der Waals surface area (Å²) in [7, 11) is 0. The van der Waals surface area contributed by atoms with Crippen molar-refractivity contribution in [1.29, 1.82) is 0 Å². The number of benzene rings is 2. The summed E-state index contributed by atoms with van der Waals surface area (Å²) >= 11 is 5.84. The van der Waals surface area contributed by atoms with Crippen LogP contribution in [0, 0.1) is 0 Å². The van der Waals surface area contributed by atoms with Crippen LogP contribution in [-0.4, -0.2) is 26.8 Å². The van der Waals surface area contributed by atoms with Gasteiger partial charge >= 0.3 is 5.69 Å². The van der Waals surface area contributed by atoms with E-state index in [-0.39, 0.29) is 11.5 Å². The maximum atomic E-state index is 12.1. The van der Waals surface area contributed by atoms with Crippen molar-refractivity contribution in [2.75, 3.05) is 5.32 Å². The first-order valence-electron chi connectivity index (χ1n) is 8.11. The fraction of sp³-hybridized carbons (Fsp3) is 0.0526. The molecule has 0 atom stereocenters. The Morgan fingerprint density at radius 3 is 2.39 bits per heavy atom. The van der Waals surface area contributed by atoms with Crippen molar-refractivity contribution in [1.82, 2.24) is 9.55 Å². The molecule has 0 saturated heterocycles. The average Bonchev–Trinajstić information content (AvgIpc) is 2.63. The fourth-order valence-corrected chi connectivity index (χ4v) is 2.58. The normalized spacial score (nSPS) is 10.9. The highest BCUT2D eigenvalue weighted by Gasteiger charge is 2.14. The molecule has 1 heterocycles. The Hall–Kier alpha value is -3.65. The van der Waals surface area contributed by atoms with Gasteiger partial charge in [0.15, 0.2) is 0 Å². The van der Waals surface area contributed by atoms with Crippen LogP contribution in [0.15, 0.2) is 63.1 Å². The monoisotopic (exact) mass is 398 g/mol. The Labute approximate surface area is 163 Å². The Kier molecular flexibility index (Phi) is 5.42. The van der Waals surface area contributed by atoms with Crippen LogP contribution in [0.25, 0.3) is 5.69 Å². The highest BCUT2D eigenvalue weighted by molar-refractivity contribution is 6.30. The Balaban J connectivity index is 1.98. The number of carbonyl (C=O) groups excluding carboxylic acids is 1. The van der Waals surface area contributed by atoms with Crippen LogP contribution in [0.4, 0.5) is 11.4 Å². The van der Waals surface area contributed by atoms with Gasteiger partial charge in [-0.25, -0.2) is 9.36 Å². The molecular weight excluding hydrogens is 384 g/mol. The topological polar surface area (TPSA) is 117 Å². The van der Waals surface area contributed by atoms with Crippen LogP contribution in [0.2, 0.25) is 5.02 Å². The van der Waals surface area contributed by atoms with Crippen molar-refractivity contribution >= 4 is 35.1 Å². The largest absolute Gasteiger partial charge is 0.493 e. The molecule has 28 heavy (non-hydrogen) atoms. The minimum Gasteiger partial charge on any atom is -0.493 e. The van der Waals surface area contributed by atoms with E-state index in [0.29, 0.717) is 22.1 Å². The van der Waals surface area contributed by atoms with E-state index in [0.717, 1.165) is 10.8 Å². The lowest BCUT2D eigenvalue weighted by Crippen LogP contribution is -2.31. The minimum absolute atomic E-state index is 0.180. The third-order valence-corrected chi connectivity index (χ3v) is 3.99. The molecule has 0 unspecified atom stereocenters. The fourth-order valence-electron chi connectivity index (χ4n) is 2.46. The van der Waals surface area contributed by atoms with Gasteiger partial charge in [0.1, 0.15) is 5.56 Å². The Morgan fingerprint density at radius 1 is 1.14 bits per heavy atom. The Bertz CT molecular complexity index is 1160. The van der Waals surface area contributed by atoms with Crippen LogP contribution >= 0.6 is 11.6 Å². The summed E-state index contributed by atoms with van der Waals surface area (Å²) < 4.78 is 0.943. The standard InChI is InChI=1S/C19H15ClN4O4/c1-11(25)22-14-6-4-13(5-7-14)21-10-16-17(26)23-19(28)24(18(16)27)15-8-2-12(20)3-9-15/h2-10,27H,1H3,(H,22,25)(H,23,26,28). The van der Waals surface area contributed by atoms with Gasteiger partial charge in [0, 0.05) is 23.8 Å². The molecule has 0 bridgehead atoms. The first-order valence-corrected chi connectivity index (χ1v) is 8.49. The number of nitrogens with zero attached hydrogens (tertiary/aromatic N) is 2. The molecule has 3 rings (SSSR count). The van der Waals surface area contributed by atoms with E-state index in [9.17, 15) is 19.5 Å². The molecule has 0 fully saturated rings. The lowest BCUT2D eigenvalue weighted by molar-refractivity contribution is -0.114. The molecule has 0 aliphatic carbocycles. The molecule has 2 aromatic carbocycles. The van der Waals surface area contributed by atoms with Crippen molar-refractivity contribution in [3.8, 4) is 11.6 Å². The zero-order valence-electron chi connectivity index (χ0n) is 14.6. The molecule has 0 aliphatic heterocycles.